The Kier molecular flexibility index (Phi) is 7.44. The van der Waals surface area contributed by atoms with Crippen molar-refractivity contribution in [3.05, 3.63) is 69.7 Å². The first-order valence-electron chi connectivity index (χ1n) is 7.55. The van der Waals surface area contributed by atoms with Gasteiger partial charge in [0.2, 0.25) is 0 Å². The zero-order valence-corrected chi connectivity index (χ0v) is 15.3. The summed E-state index contributed by atoms with van der Waals surface area (Å²) >= 11 is 12.1. The number of halogens is 2. The molecule has 0 fully saturated rings. The van der Waals surface area contributed by atoms with Gasteiger partial charge in [-0.3, -0.25) is 4.79 Å². The molecule has 0 aliphatic carbocycles. The van der Waals surface area contributed by atoms with Crippen LogP contribution in [-0.2, 0) is 21.0 Å². The fourth-order valence-corrected chi connectivity index (χ4v) is 2.48. The van der Waals surface area contributed by atoms with Crippen molar-refractivity contribution < 1.29 is 19.2 Å². The number of benzene rings is 2. The van der Waals surface area contributed by atoms with Crippen LogP contribution in [0.2, 0.25) is 10.0 Å². The summed E-state index contributed by atoms with van der Waals surface area (Å²) in [6.45, 7) is 0.00946. The highest BCUT2D eigenvalue weighted by atomic mass is 35.5. The molecule has 6 nitrogen and oxygen atoms in total. The third kappa shape index (κ3) is 5.47. The molecule has 2 aromatic carbocycles. The third-order valence-electron chi connectivity index (χ3n) is 3.33. The minimum Gasteiger partial charge on any atom is -0.467 e. The highest BCUT2D eigenvalue weighted by Gasteiger charge is 2.20. The Morgan fingerprint density at radius 3 is 2.38 bits per heavy atom. The topological polar surface area (TPSA) is 77.0 Å². The van der Waals surface area contributed by atoms with Gasteiger partial charge >= 0.3 is 5.97 Å². The van der Waals surface area contributed by atoms with E-state index in [-0.39, 0.29) is 6.61 Å². The molecular formula is C18H16Cl2N2O4. The van der Waals surface area contributed by atoms with Crippen LogP contribution in [0.15, 0.2) is 53.7 Å². The van der Waals surface area contributed by atoms with Crippen molar-refractivity contribution in [2.75, 3.05) is 7.11 Å². The number of esters is 1. The van der Waals surface area contributed by atoms with Gasteiger partial charge < -0.3 is 14.9 Å². The van der Waals surface area contributed by atoms with Crippen LogP contribution in [-0.4, -0.2) is 31.2 Å². The SMILES string of the molecule is COC(=O)C(C=NOCc1c(Cl)cccc1Cl)NC(=O)c1ccccc1. The van der Waals surface area contributed by atoms with Crippen LogP contribution >= 0.6 is 23.2 Å². The summed E-state index contributed by atoms with van der Waals surface area (Å²) in [5.41, 5.74) is 0.967. The third-order valence-corrected chi connectivity index (χ3v) is 4.04. The molecule has 0 aliphatic rings. The summed E-state index contributed by atoms with van der Waals surface area (Å²) in [6.07, 6.45) is 1.14. The summed E-state index contributed by atoms with van der Waals surface area (Å²) < 4.78 is 4.66. The van der Waals surface area contributed by atoms with Crippen molar-refractivity contribution in [2.45, 2.75) is 12.6 Å². The lowest BCUT2D eigenvalue weighted by Gasteiger charge is -2.12. The predicted octanol–water partition coefficient (Wildman–Crippen LogP) is 3.47. The summed E-state index contributed by atoms with van der Waals surface area (Å²) in [5.74, 6) is -1.13. The van der Waals surface area contributed by atoms with E-state index in [9.17, 15) is 9.59 Å². The second kappa shape index (κ2) is 9.79. The first-order chi connectivity index (χ1) is 12.5. The standard InChI is InChI=1S/C18H16Cl2N2O4/c1-25-18(24)16(22-17(23)12-6-3-2-4-7-12)10-21-26-11-13-14(19)8-5-9-15(13)20/h2-10,16H,11H2,1H3,(H,22,23). The van der Waals surface area contributed by atoms with Crippen LogP contribution in [0.3, 0.4) is 0 Å². The molecule has 26 heavy (non-hydrogen) atoms. The van der Waals surface area contributed by atoms with E-state index in [0.29, 0.717) is 21.2 Å². The van der Waals surface area contributed by atoms with Crippen LogP contribution in [0.5, 0.6) is 0 Å². The number of methoxy groups -OCH3 is 1. The first-order valence-corrected chi connectivity index (χ1v) is 8.30. The summed E-state index contributed by atoms with van der Waals surface area (Å²) in [6, 6.07) is 12.4. The second-order valence-corrected chi connectivity index (χ2v) is 5.88. The van der Waals surface area contributed by atoms with E-state index in [1.807, 2.05) is 0 Å². The highest BCUT2D eigenvalue weighted by molar-refractivity contribution is 6.35. The van der Waals surface area contributed by atoms with Gasteiger partial charge in [0.05, 0.1) is 13.3 Å². The van der Waals surface area contributed by atoms with E-state index < -0.39 is 17.9 Å². The van der Waals surface area contributed by atoms with Crippen LogP contribution in [0.1, 0.15) is 15.9 Å². The number of nitrogens with zero attached hydrogens (tertiary/aromatic N) is 1. The fraction of sp³-hybridized carbons (Fsp3) is 0.167. The molecular weight excluding hydrogens is 379 g/mol. The molecule has 0 radical (unpaired) electrons. The van der Waals surface area contributed by atoms with Crippen molar-refractivity contribution in [1.29, 1.82) is 0 Å². The maximum absolute atomic E-state index is 12.2. The quantitative estimate of drug-likeness (QED) is 0.443. The van der Waals surface area contributed by atoms with Crippen molar-refractivity contribution >= 4 is 41.3 Å². The summed E-state index contributed by atoms with van der Waals surface area (Å²) in [7, 11) is 1.21. The number of carbonyl (C=O) groups excluding carboxylic acids is 2. The van der Waals surface area contributed by atoms with Gasteiger partial charge in [0.25, 0.3) is 5.91 Å². The van der Waals surface area contributed by atoms with E-state index in [1.165, 1.54) is 7.11 Å². The number of carbonyl (C=O) groups is 2. The largest absolute Gasteiger partial charge is 0.467 e. The Morgan fingerprint density at radius 1 is 1.12 bits per heavy atom. The molecule has 1 N–H and O–H groups in total. The zero-order valence-electron chi connectivity index (χ0n) is 13.8. The van der Waals surface area contributed by atoms with E-state index in [1.54, 1.807) is 48.5 Å². The van der Waals surface area contributed by atoms with Crippen molar-refractivity contribution in [2.24, 2.45) is 5.16 Å². The second-order valence-electron chi connectivity index (χ2n) is 5.07. The van der Waals surface area contributed by atoms with Gasteiger partial charge in [-0.05, 0) is 24.3 Å². The van der Waals surface area contributed by atoms with E-state index in [0.717, 1.165) is 6.21 Å². The molecule has 0 saturated carbocycles. The molecule has 1 unspecified atom stereocenters. The molecule has 0 aliphatic heterocycles. The van der Waals surface area contributed by atoms with Crippen molar-refractivity contribution in [3.8, 4) is 0 Å². The summed E-state index contributed by atoms with van der Waals surface area (Å²) in [5, 5.41) is 7.10. The Balaban J connectivity index is 2.00. The molecule has 136 valence electrons. The normalized spacial score (nSPS) is 11.8. The lowest BCUT2D eigenvalue weighted by atomic mass is 10.2. The number of hydrogen-bond donors (Lipinski definition) is 1. The number of amides is 1. The van der Waals surface area contributed by atoms with Gasteiger partial charge in [0.15, 0.2) is 6.04 Å². The van der Waals surface area contributed by atoms with E-state index in [4.69, 9.17) is 28.0 Å². The van der Waals surface area contributed by atoms with Gasteiger partial charge in [-0.2, -0.15) is 0 Å². The molecule has 0 bridgehead atoms. The molecule has 0 heterocycles. The molecule has 2 aromatic rings. The van der Waals surface area contributed by atoms with Crippen LogP contribution < -0.4 is 5.32 Å². The minimum atomic E-state index is -1.10. The summed E-state index contributed by atoms with van der Waals surface area (Å²) in [4.78, 5) is 29.1. The molecule has 0 aromatic heterocycles. The average molecular weight is 395 g/mol. The maximum atomic E-state index is 12.2. The number of ether oxygens (including phenoxy) is 1. The first kappa shape index (κ1) is 19.8. The smallest absolute Gasteiger partial charge is 0.334 e. The van der Waals surface area contributed by atoms with Crippen molar-refractivity contribution in [1.82, 2.24) is 5.32 Å². The molecule has 0 spiro atoms. The van der Waals surface area contributed by atoms with Crippen LogP contribution in [0.4, 0.5) is 0 Å². The Morgan fingerprint density at radius 2 is 1.77 bits per heavy atom. The molecule has 1 atom stereocenters. The van der Waals surface area contributed by atoms with Gasteiger partial charge in [-0.1, -0.05) is 52.6 Å². The van der Waals surface area contributed by atoms with E-state index in [2.05, 4.69) is 15.2 Å². The maximum Gasteiger partial charge on any atom is 0.334 e. The van der Waals surface area contributed by atoms with Crippen molar-refractivity contribution in [3.63, 3.8) is 0 Å². The fourth-order valence-electron chi connectivity index (χ4n) is 1.97. The predicted molar refractivity (Wildman–Crippen MR) is 99.5 cm³/mol. The molecule has 2 rings (SSSR count). The molecule has 0 saturated heterocycles. The van der Waals surface area contributed by atoms with E-state index >= 15 is 0 Å². The lowest BCUT2D eigenvalue weighted by Crippen LogP contribution is -2.42. The van der Waals surface area contributed by atoms with Gasteiger partial charge in [0.1, 0.15) is 6.61 Å². The average Bonchev–Trinajstić information content (AvgIpc) is 2.66. The van der Waals surface area contributed by atoms with Gasteiger partial charge in [-0.25, -0.2) is 4.79 Å². The van der Waals surface area contributed by atoms with Gasteiger partial charge in [0, 0.05) is 21.2 Å². The monoisotopic (exact) mass is 394 g/mol. The Labute approximate surface area is 160 Å². The van der Waals surface area contributed by atoms with Gasteiger partial charge in [-0.15, -0.1) is 0 Å². The minimum absolute atomic E-state index is 0.00946. The number of hydrogen-bond acceptors (Lipinski definition) is 5. The highest BCUT2D eigenvalue weighted by Crippen LogP contribution is 2.24. The van der Waals surface area contributed by atoms with Crippen LogP contribution in [0.25, 0.3) is 0 Å². The van der Waals surface area contributed by atoms with Crippen LogP contribution in [0, 0.1) is 0 Å². The number of rotatable bonds is 7. The molecule has 1 amide bonds. The number of nitrogens with one attached hydrogen (secondary N) is 1. The zero-order chi connectivity index (χ0) is 18.9. The Bertz CT molecular complexity index is 777. The molecule has 8 heteroatoms. The number of oxime groups is 1. The Hall–Kier alpha value is -2.57. The lowest BCUT2D eigenvalue weighted by molar-refractivity contribution is -0.140.